The minimum Gasteiger partial charge on any atom is -0.481 e. The molecule has 0 amide bonds. The third-order valence-electron chi connectivity index (χ3n) is 2.49. The first-order valence-corrected chi connectivity index (χ1v) is 7.16. The Bertz CT molecular complexity index is 437. The molecule has 4 heteroatoms. The highest BCUT2D eigenvalue weighted by Crippen LogP contribution is 2.09. The van der Waals surface area contributed by atoms with Gasteiger partial charge in [0.2, 0.25) is 0 Å². The monoisotopic (exact) mass is 311 g/mol. The number of benzene rings is 1. The summed E-state index contributed by atoms with van der Waals surface area (Å²) in [5.41, 5.74) is 1.21. The third kappa shape index (κ3) is 5.87. The Kier molecular flexibility index (Phi) is 7.18. The van der Waals surface area contributed by atoms with E-state index in [1.54, 1.807) is 0 Å². The molecule has 3 nitrogen and oxygen atoms in total. The number of rotatable bonds is 5. The molecule has 98 valence electrons. The second kappa shape index (κ2) is 8.75. The molecule has 0 saturated heterocycles. The zero-order chi connectivity index (χ0) is 13.2. The van der Waals surface area contributed by atoms with E-state index in [9.17, 15) is 4.79 Å². The van der Waals surface area contributed by atoms with Gasteiger partial charge in [0.05, 0.1) is 0 Å². The van der Waals surface area contributed by atoms with Crippen molar-refractivity contribution in [1.82, 2.24) is 4.98 Å². The molecule has 2 N–H and O–H groups in total. The number of halogens is 1. The third-order valence-corrected chi connectivity index (χ3v) is 3.05. The van der Waals surface area contributed by atoms with Crippen LogP contribution in [0, 0.1) is 0 Å². The van der Waals surface area contributed by atoms with Gasteiger partial charge in [0.1, 0.15) is 0 Å². The predicted molar refractivity (Wildman–Crippen MR) is 78.2 cm³/mol. The van der Waals surface area contributed by atoms with Crippen molar-refractivity contribution in [2.45, 2.75) is 25.7 Å². The molecule has 0 bridgehead atoms. The number of hydrogen-bond acceptors (Lipinski definition) is 1. The van der Waals surface area contributed by atoms with Crippen molar-refractivity contribution in [3.63, 3.8) is 0 Å². The van der Waals surface area contributed by atoms with E-state index in [4.69, 9.17) is 5.11 Å². The lowest BCUT2D eigenvalue weighted by atomic mass is 10.2. The number of aromatic nitrogens is 1. The Morgan fingerprint density at radius 3 is 2.61 bits per heavy atom. The SMILES string of the molecule is O=C(O)CCCCCBr.c1ccc2[nH]ccc2c1. The predicted octanol–water partition coefficient (Wildman–Crippen LogP) is 4.19. The van der Waals surface area contributed by atoms with E-state index in [0.29, 0.717) is 6.42 Å². The van der Waals surface area contributed by atoms with E-state index in [1.807, 2.05) is 18.3 Å². The summed E-state index contributed by atoms with van der Waals surface area (Å²) in [5.74, 6) is -0.690. The summed E-state index contributed by atoms with van der Waals surface area (Å²) in [6, 6.07) is 10.3. The van der Waals surface area contributed by atoms with Crippen LogP contribution in [0.2, 0.25) is 0 Å². The molecular formula is C14H18BrNO2. The Hall–Kier alpha value is -1.29. The largest absolute Gasteiger partial charge is 0.481 e. The standard InChI is InChI=1S/C8H7N.C6H11BrO2/c1-2-4-8-7(3-1)5-6-9-8;7-5-3-1-2-4-6(8)9/h1-6,9H;1-5H2,(H,8,9). The fourth-order valence-corrected chi connectivity index (χ4v) is 1.94. The number of para-hydroxylation sites is 1. The van der Waals surface area contributed by atoms with Crippen LogP contribution in [0.3, 0.4) is 0 Å². The summed E-state index contributed by atoms with van der Waals surface area (Å²) in [6.45, 7) is 0. The van der Waals surface area contributed by atoms with Crippen LogP contribution in [-0.2, 0) is 4.79 Å². The molecule has 0 radical (unpaired) electrons. The topological polar surface area (TPSA) is 53.1 Å². The number of fused-ring (bicyclic) bond motifs is 1. The van der Waals surface area contributed by atoms with Crippen molar-refractivity contribution in [2.24, 2.45) is 0 Å². The molecule has 0 unspecified atom stereocenters. The molecule has 2 aromatic rings. The smallest absolute Gasteiger partial charge is 0.303 e. The van der Waals surface area contributed by atoms with Crippen molar-refractivity contribution in [3.8, 4) is 0 Å². The van der Waals surface area contributed by atoms with Gasteiger partial charge in [-0.05, 0) is 30.4 Å². The van der Waals surface area contributed by atoms with Crippen molar-refractivity contribution in [3.05, 3.63) is 36.5 Å². The van der Waals surface area contributed by atoms with Gasteiger partial charge in [0.25, 0.3) is 0 Å². The highest BCUT2D eigenvalue weighted by Gasteiger charge is 1.94. The number of hydrogen-bond donors (Lipinski definition) is 2. The second-order valence-corrected chi connectivity index (χ2v) is 4.75. The normalized spacial score (nSPS) is 9.83. The number of aromatic amines is 1. The summed E-state index contributed by atoms with van der Waals surface area (Å²) in [7, 11) is 0. The number of aliphatic carboxylic acids is 1. The molecule has 0 aliphatic carbocycles. The van der Waals surface area contributed by atoms with Crippen LogP contribution in [0.25, 0.3) is 10.9 Å². The van der Waals surface area contributed by atoms with E-state index in [0.717, 1.165) is 24.6 Å². The Labute approximate surface area is 115 Å². The first-order valence-electron chi connectivity index (χ1n) is 6.04. The van der Waals surface area contributed by atoms with E-state index < -0.39 is 5.97 Å². The minimum atomic E-state index is -0.690. The quantitative estimate of drug-likeness (QED) is 0.642. The zero-order valence-electron chi connectivity index (χ0n) is 10.2. The van der Waals surface area contributed by atoms with Crippen molar-refractivity contribution in [1.29, 1.82) is 0 Å². The Morgan fingerprint density at radius 1 is 1.17 bits per heavy atom. The maximum atomic E-state index is 9.95. The number of carbonyl (C=O) groups is 1. The van der Waals surface area contributed by atoms with Gasteiger partial charge < -0.3 is 10.1 Å². The van der Waals surface area contributed by atoms with Gasteiger partial charge in [0.15, 0.2) is 0 Å². The lowest BCUT2D eigenvalue weighted by molar-refractivity contribution is -0.137. The van der Waals surface area contributed by atoms with E-state index in [-0.39, 0.29) is 0 Å². The molecule has 1 aromatic carbocycles. The van der Waals surface area contributed by atoms with Crippen LogP contribution in [0.1, 0.15) is 25.7 Å². The number of carboxylic acids is 1. The minimum absolute atomic E-state index is 0.312. The number of unbranched alkanes of at least 4 members (excludes halogenated alkanes) is 2. The van der Waals surface area contributed by atoms with Gasteiger partial charge in [-0.25, -0.2) is 0 Å². The van der Waals surface area contributed by atoms with Crippen LogP contribution in [0.4, 0.5) is 0 Å². The molecule has 0 aliphatic heterocycles. The number of H-pyrrole nitrogens is 1. The maximum absolute atomic E-state index is 9.95. The maximum Gasteiger partial charge on any atom is 0.303 e. The molecule has 0 spiro atoms. The van der Waals surface area contributed by atoms with E-state index >= 15 is 0 Å². The lowest BCUT2D eigenvalue weighted by Gasteiger charge is -1.92. The number of alkyl halides is 1. The van der Waals surface area contributed by atoms with Crippen LogP contribution >= 0.6 is 15.9 Å². The zero-order valence-corrected chi connectivity index (χ0v) is 11.8. The molecule has 2 rings (SSSR count). The average molecular weight is 312 g/mol. The van der Waals surface area contributed by atoms with Gasteiger partial charge in [-0.3, -0.25) is 4.79 Å². The van der Waals surface area contributed by atoms with Crippen LogP contribution in [0.5, 0.6) is 0 Å². The molecule has 1 aromatic heterocycles. The summed E-state index contributed by atoms with van der Waals surface area (Å²) in [6.07, 6.45) is 5.16. The summed E-state index contributed by atoms with van der Waals surface area (Å²) >= 11 is 3.27. The van der Waals surface area contributed by atoms with Crippen LogP contribution in [-0.4, -0.2) is 21.4 Å². The van der Waals surface area contributed by atoms with E-state index in [1.165, 1.54) is 10.9 Å². The van der Waals surface area contributed by atoms with Crippen molar-refractivity contribution in [2.75, 3.05) is 5.33 Å². The van der Waals surface area contributed by atoms with Crippen LogP contribution < -0.4 is 0 Å². The fraction of sp³-hybridized carbons (Fsp3) is 0.357. The summed E-state index contributed by atoms with van der Waals surface area (Å²) in [5, 5.41) is 10.5. The Morgan fingerprint density at radius 2 is 1.94 bits per heavy atom. The summed E-state index contributed by atoms with van der Waals surface area (Å²) in [4.78, 5) is 13.1. The molecule has 18 heavy (non-hydrogen) atoms. The first-order chi connectivity index (χ1) is 8.74. The number of carboxylic acid groups (broad SMARTS) is 1. The highest BCUT2D eigenvalue weighted by atomic mass is 79.9. The van der Waals surface area contributed by atoms with Gasteiger partial charge in [-0.2, -0.15) is 0 Å². The Balaban J connectivity index is 0.000000180. The van der Waals surface area contributed by atoms with Crippen molar-refractivity contribution >= 4 is 32.8 Å². The molecule has 0 atom stereocenters. The molecule has 0 fully saturated rings. The molecular weight excluding hydrogens is 294 g/mol. The van der Waals surface area contributed by atoms with E-state index in [2.05, 4.69) is 39.1 Å². The van der Waals surface area contributed by atoms with Gasteiger partial charge in [-0.1, -0.05) is 40.5 Å². The highest BCUT2D eigenvalue weighted by molar-refractivity contribution is 9.09. The summed E-state index contributed by atoms with van der Waals surface area (Å²) < 4.78 is 0. The first kappa shape index (κ1) is 14.8. The number of nitrogens with one attached hydrogen (secondary N) is 1. The molecule has 1 heterocycles. The van der Waals surface area contributed by atoms with Gasteiger partial charge in [0, 0.05) is 23.5 Å². The average Bonchev–Trinajstić information content (AvgIpc) is 2.83. The second-order valence-electron chi connectivity index (χ2n) is 3.96. The molecule has 0 saturated carbocycles. The lowest BCUT2D eigenvalue weighted by Crippen LogP contribution is -1.93. The van der Waals surface area contributed by atoms with Crippen molar-refractivity contribution < 1.29 is 9.90 Å². The van der Waals surface area contributed by atoms with Gasteiger partial charge in [-0.15, -0.1) is 0 Å². The fourth-order valence-electron chi connectivity index (χ4n) is 1.54. The molecule has 0 aliphatic rings. The van der Waals surface area contributed by atoms with Gasteiger partial charge >= 0.3 is 5.97 Å². The van der Waals surface area contributed by atoms with Crippen LogP contribution in [0.15, 0.2) is 36.5 Å².